The van der Waals surface area contributed by atoms with Gasteiger partial charge in [-0.25, -0.2) is 0 Å². The van der Waals surface area contributed by atoms with E-state index < -0.39 is 0 Å². The smallest absolute Gasteiger partial charge is 0.255 e. The van der Waals surface area contributed by atoms with Crippen molar-refractivity contribution in [1.82, 2.24) is 0 Å². The van der Waals surface area contributed by atoms with Crippen LogP contribution in [0.15, 0.2) is 78.9 Å². The van der Waals surface area contributed by atoms with Gasteiger partial charge in [0.1, 0.15) is 11.5 Å². The lowest BCUT2D eigenvalue weighted by Crippen LogP contribution is -2.11. The molecule has 0 aliphatic rings. The van der Waals surface area contributed by atoms with Gasteiger partial charge in [0.05, 0.1) is 13.2 Å². The van der Waals surface area contributed by atoms with Gasteiger partial charge >= 0.3 is 0 Å². The number of hydrogen-bond acceptors (Lipinski definition) is 3. The van der Waals surface area contributed by atoms with Gasteiger partial charge in [-0.3, -0.25) is 4.79 Å². The van der Waals surface area contributed by atoms with Crippen molar-refractivity contribution in [3.05, 3.63) is 90.0 Å². The van der Waals surface area contributed by atoms with Crippen LogP contribution in [0.4, 0.5) is 5.69 Å². The Bertz CT molecular complexity index is 874. The summed E-state index contributed by atoms with van der Waals surface area (Å²) in [5, 5.41) is 2.90. The van der Waals surface area contributed by atoms with Gasteiger partial charge in [-0.1, -0.05) is 43.7 Å². The molecule has 1 N–H and O–H groups in total. The number of unbranched alkanes of at least 4 members (excludes halogenated alkanes) is 1. The molecule has 4 nitrogen and oxygen atoms in total. The summed E-state index contributed by atoms with van der Waals surface area (Å²) >= 11 is 0. The van der Waals surface area contributed by atoms with Crippen LogP contribution in [0, 0.1) is 0 Å². The zero-order valence-corrected chi connectivity index (χ0v) is 16.8. The molecule has 0 bridgehead atoms. The number of nitrogens with one attached hydrogen (secondary N) is 1. The number of hydrogen-bond donors (Lipinski definition) is 1. The topological polar surface area (TPSA) is 47.6 Å². The predicted octanol–water partition coefficient (Wildman–Crippen LogP) is 5.74. The largest absolute Gasteiger partial charge is 0.494 e. The van der Waals surface area contributed by atoms with Crippen LogP contribution in [0.3, 0.4) is 0 Å². The van der Waals surface area contributed by atoms with E-state index in [4.69, 9.17) is 9.47 Å². The molecule has 0 saturated heterocycles. The summed E-state index contributed by atoms with van der Waals surface area (Å²) in [5.74, 6) is 1.42. The summed E-state index contributed by atoms with van der Waals surface area (Å²) in [6.07, 6.45) is 2.98. The molecule has 29 heavy (non-hydrogen) atoms. The minimum atomic E-state index is -0.152. The third kappa shape index (κ3) is 6.68. The maximum absolute atomic E-state index is 12.4. The number of amides is 1. The Labute approximate surface area is 172 Å². The van der Waals surface area contributed by atoms with Crippen molar-refractivity contribution < 1.29 is 14.3 Å². The van der Waals surface area contributed by atoms with Crippen LogP contribution in [0.2, 0.25) is 0 Å². The second-order valence-electron chi connectivity index (χ2n) is 6.79. The van der Waals surface area contributed by atoms with Crippen molar-refractivity contribution in [3.63, 3.8) is 0 Å². The number of anilines is 1. The van der Waals surface area contributed by atoms with E-state index in [1.54, 1.807) is 12.1 Å². The summed E-state index contributed by atoms with van der Waals surface area (Å²) in [6.45, 7) is 3.44. The molecule has 0 heterocycles. The lowest BCUT2D eigenvalue weighted by Gasteiger charge is -2.09. The Morgan fingerprint density at radius 3 is 2.07 bits per heavy atom. The Kier molecular flexibility index (Phi) is 7.70. The van der Waals surface area contributed by atoms with Gasteiger partial charge in [0, 0.05) is 17.7 Å². The quantitative estimate of drug-likeness (QED) is 0.450. The number of ether oxygens (including phenoxy) is 2. The van der Waals surface area contributed by atoms with E-state index in [9.17, 15) is 4.79 Å². The summed E-state index contributed by atoms with van der Waals surface area (Å²) in [4.78, 5) is 12.4. The highest BCUT2D eigenvalue weighted by atomic mass is 16.5. The molecule has 3 aromatic rings. The first-order chi connectivity index (χ1) is 14.2. The van der Waals surface area contributed by atoms with E-state index in [2.05, 4.69) is 24.4 Å². The molecule has 3 aromatic carbocycles. The van der Waals surface area contributed by atoms with Gasteiger partial charge in [-0.05, 0) is 60.5 Å². The summed E-state index contributed by atoms with van der Waals surface area (Å²) < 4.78 is 11.4. The maximum Gasteiger partial charge on any atom is 0.255 e. The van der Waals surface area contributed by atoms with Gasteiger partial charge < -0.3 is 14.8 Å². The van der Waals surface area contributed by atoms with Crippen molar-refractivity contribution in [2.24, 2.45) is 0 Å². The van der Waals surface area contributed by atoms with Gasteiger partial charge in [0.2, 0.25) is 0 Å². The van der Waals surface area contributed by atoms with Crippen molar-refractivity contribution in [1.29, 1.82) is 0 Å². The van der Waals surface area contributed by atoms with Gasteiger partial charge in [-0.15, -0.1) is 0 Å². The molecule has 0 aromatic heterocycles. The molecule has 4 heteroatoms. The number of rotatable bonds is 10. The number of carbonyl (C=O) groups is 1. The molecule has 3 rings (SSSR count). The molecule has 0 unspecified atom stereocenters. The standard InChI is InChI=1S/C25H27NO3/c1-2-3-18-28-24-15-11-22(12-16-24)26-25(27)21-9-13-23(14-10-21)29-19-17-20-7-5-4-6-8-20/h4-16H,2-3,17-19H2,1H3,(H,26,27). The van der Waals surface area contributed by atoms with E-state index in [0.717, 1.165) is 36.4 Å². The first kappa shape index (κ1) is 20.5. The first-order valence-electron chi connectivity index (χ1n) is 10.1. The Hall–Kier alpha value is -3.27. The fraction of sp³-hybridized carbons (Fsp3) is 0.240. The molecular formula is C25H27NO3. The van der Waals surface area contributed by atoms with Crippen LogP contribution in [0.5, 0.6) is 11.5 Å². The molecule has 0 spiro atoms. The average Bonchev–Trinajstić information content (AvgIpc) is 2.76. The minimum Gasteiger partial charge on any atom is -0.494 e. The van der Waals surface area contributed by atoms with Crippen LogP contribution in [-0.4, -0.2) is 19.1 Å². The maximum atomic E-state index is 12.4. The van der Waals surface area contributed by atoms with E-state index in [1.807, 2.05) is 54.6 Å². The molecular weight excluding hydrogens is 362 g/mol. The monoisotopic (exact) mass is 389 g/mol. The first-order valence-corrected chi connectivity index (χ1v) is 10.1. The van der Waals surface area contributed by atoms with Crippen LogP contribution in [0.1, 0.15) is 35.7 Å². The number of benzene rings is 3. The number of carbonyl (C=O) groups excluding carboxylic acids is 1. The highest BCUT2D eigenvalue weighted by molar-refractivity contribution is 6.04. The molecule has 0 aliphatic carbocycles. The lowest BCUT2D eigenvalue weighted by atomic mass is 10.2. The van der Waals surface area contributed by atoms with E-state index in [-0.39, 0.29) is 5.91 Å². The van der Waals surface area contributed by atoms with Gasteiger partial charge in [-0.2, -0.15) is 0 Å². The fourth-order valence-corrected chi connectivity index (χ4v) is 2.81. The van der Waals surface area contributed by atoms with Crippen LogP contribution in [-0.2, 0) is 6.42 Å². The lowest BCUT2D eigenvalue weighted by molar-refractivity contribution is 0.102. The normalized spacial score (nSPS) is 10.4. The minimum absolute atomic E-state index is 0.152. The van der Waals surface area contributed by atoms with E-state index in [0.29, 0.717) is 18.8 Å². The van der Waals surface area contributed by atoms with E-state index >= 15 is 0 Å². The molecule has 1 amide bonds. The second kappa shape index (κ2) is 10.9. The highest BCUT2D eigenvalue weighted by Gasteiger charge is 2.07. The zero-order chi connectivity index (χ0) is 20.3. The van der Waals surface area contributed by atoms with Gasteiger partial charge in [0.25, 0.3) is 5.91 Å². The third-order valence-corrected chi connectivity index (χ3v) is 4.50. The fourth-order valence-electron chi connectivity index (χ4n) is 2.81. The summed E-state index contributed by atoms with van der Waals surface area (Å²) in [7, 11) is 0. The molecule has 0 fully saturated rings. The van der Waals surface area contributed by atoms with Crippen LogP contribution >= 0.6 is 0 Å². The molecule has 0 aliphatic heterocycles. The predicted molar refractivity (Wildman–Crippen MR) is 117 cm³/mol. The second-order valence-corrected chi connectivity index (χ2v) is 6.79. The average molecular weight is 389 g/mol. The van der Waals surface area contributed by atoms with Crippen LogP contribution < -0.4 is 14.8 Å². The molecule has 0 radical (unpaired) electrons. The van der Waals surface area contributed by atoms with Crippen molar-refractivity contribution in [2.75, 3.05) is 18.5 Å². The Balaban J connectivity index is 1.47. The Morgan fingerprint density at radius 1 is 0.793 bits per heavy atom. The van der Waals surface area contributed by atoms with Crippen LogP contribution in [0.25, 0.3) is 0 Å². The SMILES string of the molecule is CCCCOc1ccc(NC(=O)c2ccc(OCCc3ccccc3)cc2)cc1. The zero-order valence-electron chi connectivity index (χ0n) is 16.8. The van der Waals surface area contributed by atoms with Crippen molar-refractivity contribution in [2.45, 2.75) is 26.2 Å². The Morgan fingerprint density at radius 2 is 1.41 bits per heavy atom. The van der Waals surface area contributed by atoms with Crippen molar-refractivity contribution >= 4 is 11.6 Å². The third-order valence-electron chi connectivity index (χ3n) is 4.50. The molecule has 150 valence electrons. The van der Waals surface area contributed by atoms with Crippen molar-refractivity contribution in [3.8, 4) is 11.5 Å². The van der Waals surface area contributed by atoms with Gasteiger partial charge in [0.15, 0.2) is 0 Å². The van der Waals surface area contributed by atoms with E-state index in [1.165, 1.54) is 5.56 Å². The summed E-state index contributed by atoms with van der Waals surface area (Å²) in [6, 6.07) is 24.8. The summed E-state index contributed by atoms with van der Waals surface area (Å²) in [5.41, 5.74) is 2.56. The molecule has 0 saturated carbocycles. The molecule has 0 atom stereocenters. The highest BCUT2D eigenvalue weighted by Crippen LogP contribution is 2.18.